The zero-order valence-electron chi connectivity index (χ0n) is 16.0. The number of nitrogens with zero attached hydrogens (tertiary/aromatic N) is 2. The Kier molecular flexibility index (Phi) is 11.7. The van der Waals surface area contributed by atoms with E-state index in [1.165, 1.54) is 0 Å². The fourth-order valence-electron chi connectivity index (χ4n) is 2.26. The first-order valence-corrected chi connectivity index (χ1v) is 9.10. The van der Waals surface area contributed by atoms with Gasteiger partial charge in [-0.3, -0.25) is 4.79 Å². The second kappa shape index (κ2) is 13.5. The Hall–Kier alpha value is -1.62. The molecule has 0 spiro atoms. The minimum absolute atomic E-state index is 0. The summed E-state index contributed by atoms with van der Waals surface area (Å²) in [4.78, 5) is 20.4. The van der Waals surface area contributed by atoms with E-state index in [0.717, 1.165) is 24.9 Å². The molecule has 1 fully saturated rings. The highest BCUT2D eigenvalue weighted by Crippen LogP contribution is 2.28. The molecular formula is C18H30IN5O3. The number of nitrogens with one attached hydrogen (secondary N) is 3. The summed E-state index contributed by atoms with van der Waals surface area (Å²) in [5.74, 6) is 1.65. The average molecular weight is 491 g/mol. The lowest BCUT2D eigenvalue weighted by atomic mass is 10.3. The lowest BCUT2D eigenvalue weighted by Gasteiger charge is -2.13. The number of guanidine groups is 1. The molecule has 27 heavy (non-hydrogen) atoms. The number of pyridine rings is 1. The maximum atomic E-state index is 11.6. The topological polar surface area (TPSA) is 96.9 Å². The Bertz CT molecular complexity index is 596. The smallest absolute Gasteiger partial charge is 0.223 e. The van der Waals surface area contributed by atoms with Crippen LogP contribution in [0.5, 0.6) is 5.88 Å². The van der Waals surface area contributed by atoms with Crippen molar-refractivity contribution in [1.29, 1.82) is 0 Å². The first kappa shape index (κ1) is 23.4. The minimum atomic E-state index is 0. The summed E-state index contributed by atoms with van der Waals surface area (Å²) in [6, 6.07) is 3.81. The molecule has 8 nitrogen and oxygen atoms in total. The van der Waals surface area contributed by atoms with Crippen molar-refractivity contribution in [2.24, 2.45) is 10.9 Å². The summed E-state index contributed by atoms with van der Waals surface area (Å²) in [5, 5.41) is 9.34. The number of carbonyl (C=O) groups excluding carboxylic acids is 1. The van der Waals surface area contributed by atoms with E-state index in [-0.39, 0.29) is 35.8 Å². The maximum absolute atomic E-state index is 11.6. The normalized spacial score (nSPS) is 13.5. The summed E-state index contributed by atoms with van der Waals surface area (Å²) in [6.45, 7) is 5.37. The third-order valence-electron chi connectivity index (χ3n) is 3.79. The van der Waals surface area contributed by atoms with Crippen LogP contribution in [0, 0.1) is 5.92 Å². The highest BCUT2D eigenvalue weighted by molar-refractivity contribution is 14.0. The Morgan fingerprint density at radius 1 is 1.26 bits per heavy atom. The van der Waals surface area contributed by atoms with Gasteiger partial charge in [0.2, 0.25) is 11.8 Å². The molecule has 1 saturated carbocycles. The predicted molar refractivity (Wildman–Crippen MR) is 116 cm³/mol. The molecule has 2 rings (SSSR count). The SMILES string of the molecule is CCNC(=NCc1cccnc1OCCOC)NCCNC(=O)C1CC1.I. The van der Waals surface area contributed by atoms with E-state index in [2.05, 4.69) is 25.9 Å². The van der Waals surface area contributed by atoms with Crippen LogP contribution in [0.15, 0.2) is 23.3 Å². The van der Waals surface area contributed by atoms with Crippen LogP contribution >= 0.6 is 24.0 Å². The van der Waals surface area contributed by atoms with Crippen LogP contribution in [0.4, 0.5) is 0 Å². The van der Waals surface area contributed by atoms with Crippen molar-refractivity contribution >= 4 is 35.8 Å². The van der Waals surface area contributed by atoms with Gasteiger partial charge in [-0.25, -0.2) is 9.98 Å². The van der Waals surface area contributed by atoms with Crippen LogP contribution in [0.3, 0.4) is 0 Å². The molecule has 1 heterocycles. The summed E-state index contributed by atoms with van der Waals surface area (Å²) in [6.07, 6.45) is 3.73. The molecule has 1 aromatic heterocycles. The van der Waals surface area contributed by atoms with Gasteiger partial charge in [0.05, 0.1) is 13.2 Å². The molecule has 0 saturated heterocycles. The molecule has 0 radical (unpaired) electrons. The number of halogens is 1. The number of hydrogen-bond donors (Lipinski definition) is 3. The highest BCUT2D eigenvalue weighted by atomic mass is 127. The summed E-state index contributed by atoms with van der Waals surface area (Å²) < 4.78 is 10.6. The number of aliphatic imine (C=N–C) groups is 1. The van der Waals surface area contributed by atoms with E-state index in [4.69, 9.17) is 9.47 Å². The molecule has 1 aromatic rings. The van der Waals surface area contributed by atoms with Gasteiger partial charge in [0.15, 0.2) is 5.96 Å². The third kappa shape index (κ3) is 9.23. The van der Waals surface area contributed by atoms with Crippen molar-refractivity contribution in [2.45, 2.75) is 26.3 Å². The van der Waals surface area contributed by atoms with Crippen molar-refractivity contribution in [3.63, 3.8) is 0 Å². The fraction of sp³-hybridized carbons (Fsp3) is 0.611. The molecule has 1 aliphatic rings. The van der Waals surface area contributed by atoms with Crippen molar-refractivity contribution in [1.82, 2.24) is 20.9 Å². The van der Waals surface area contributed by atoms with Gasteiger partial charge in [-0.05, 0) is 25.8 Å². The summed E-state index contributed by atoms with van der Waals surface area (Å²) in [5.41, 5.74) is 0.905. The molecule has 1 amide bonds. The molecule has 152 valence electrons. The Morgan fingerprint density at radius 2 is 2.04 bits per heavy atom. The van der Waals surface area contributed by atoms with Gasteiger partial charge in [-0.15, -0.1) is 24.0 Å². The van der Waals surface area contributed by atoms with Crippen molar-refractivity contribution in [3.05, 3.63) is 23.9 Å². The van der Waals surface area contributed by atoms with Crippen molar-refractivity contribution in [3.8, 4) is 5.88 Å². The van der Waals surface area contributed by atoms with Gasteiger partial charge in [-0.1, -0.05) is 6.07 Å². The first-order valence-electron chi connectivity index (χ1n) is 9.10. The Balaban J connectivity index is 0.00000364. The second-order valence-electron chi connectivity index (χ2n) is 6.00. The largest absolute Gasteiger partial charge is 0.475 e. The Labute approximate surface area is 177 Å². The van der Waals surface area contributed by atoms with Crippen LogP contribution < -0.4 is 20.7 Å². The average Bonchev–Trinajstić information content (AvgIpc) is 3.49. The lowest BCUT2D eigenvalue weighted by Crippen LogP contribution is -2.41. The van der Waals surface area contributed by atoms with Gasteiger partial charge in [-0.2, -0.15) is 0 Å². The second-order valence-corrected chi connectivity index (χ2v) is 6.00. The quantitative estimate of drug-likeness (QED) is 0.187. The highest BCUT2D eigenvalue weighted by Gasteiger charge is 2.28. The number of aromatic nitrogens is 1. The van der Waals surface area contributed by atoms with Gasteiger partial charge >= 0.3 is 0 Å². The van der Waals surface area contributed by atoms with E-state index in [1.54, 1.807) is 13.3 Å². The van der Waals surface area contributed by atoms with Crippen LogP contribution in [0.1, 0.15) is 25.3 Å². The van der Waals surface area contributed by atoms with Crippen molar-refractivity contribution in [2.75, 3.05) is 40.0 Å². The fourth-order valence-corrected chi connectivity index (χ4v) is 2.26. The van der Waals surface area contributed by atoms with Gasteiger partial charge in [0, 0.05) is 44.4 Å². The number of amides is 1. The molecule has 1 aliphatic carbocycles. The van der Waals surface area contributed by atoms with E-state index in [0.29, 0.717) is 44.7 Å². The van der Waals surface area contributed by atoms with Crippen LogP contribution in [-0.2, 0) is 16.1 Å². The van der Waals surface area contributed by atoms with Gasteiger partial charge in [0.25, 0.3) is 0 Å². The molecule has 0 atom stereocenters. The number of hydrogen-bond acceptors (Lipinski definition) is 5. The van der Waals surface area contributed by atoms with Crippen LogP contribution in [0.25, 0.3) is 0 Å². The number of rotatable bonds is 11. The van der Waals surface area contributed by atoms with Crippen molar-refractivity contribution < 1.29 is 14.3 Å². The molecule has 0 bridgehead atoms. The molecule has 9 heteroatoms. The standard InChI is InChI=1S/C18H29N5O3.HI/c1-3-19-18(22-10-9-20-16(24)14-6-7-14)23-13-15-5-4-8-21-17(15)26-12-11-25-2;/h4-5,8,14H,3,6-7,9-13H2,1-2H3,(H,20,24)(H2,19,22,23);1H. The number of carbonyl (C=O) groups is 1. The minimum Gasteiger partial charge on any atom is -0.475 e. The molecule has 0 unspecified atom stereocenters. The Morgan fingerprint density at radius 3 is 2.74 bits per heavy atom. The molecule has 3 N–H and O–H groups in total. The van der Waals surface area contributed by atoms with Crippen LogP contribution in [-0.4, -0.2) is 56.8 Å². The van der Waals surface area contributed by atoms with E-state index >= 15 is 0 Å². The van der Waals surface area contributed by atoms with E-state index in [1.807, 2.05) is 19.1 Å². The molecular weight excluding hydrogens is 461 g/mol. The first-order chi connectivity index (χ1) is 12.7. The van der Waals surface area contributed by atoms with E-state index < -0.39 is 0 Å². The lowest BCUT2D eigenvalue weighted by molar-refractivity contribution is -0.122. The maximum Gasteiger partial charge on any atom is 0.223 e. The number of ether oxygens (including phenoxy) is 2. The van der Waals surface area contributed by atoms with Gasteiger partial charge in [0.1, 0.15) is 6.61 Å². The molecule has 0 aliphatic heterocycles. The predicted octanol–water partition coefficient (Wildman–Crippen LogP) is 1.31. The molecule has 0 aromatic carbocycles. The monoisotopic (exact) mass is 491 g/mol. The van der Waals surface area contributed by atoms with E-state index in [9.17, 15) is 4.79 Å². The third-order valence-corrected chi connectivity index (χ3v) is 3.79. The van der Waals surface area contributed by atoms with Crippen LogP contribution in [0.2, 0.25) is 0 Å². The zero-order valence-corrected chi connectivity index (χ0v) is 18.3. The summed E-state index contributed by atoms with van der Waals surface area (Å²) >= 11 is 0. The number of methoxy groups -OCH3 is 1. The zero-order chi connectivity index (χ0) is 18.6. The van der Waals surface area contributed by atoms with Gasteiger partial charge < -0.3 is 25.4 Å². The summed E-state index contributed by atoms with van der Waals surface area (Å²) in [7, 11) is 1.63.